The Kier molecular flexibility index (Phi) is 9.43. The number of rotatable bonds is 10. The lowest BCUT2D eigenvalue weighted by atomic mass is 9.70. The fraction of sp³-hybridized carbons (Fsp3) is 0.0952. The van der Waals surface area contributed by atoms with E-state index in [1.807, 2.05) is 60.7 Å². The Morgan fingerprint density at radius 2 is 1.36 bits per heavy atom. The van der Waals surface area contributed by atoms with E-state index < -0.39 is 29.1 Å². The van der Waals surface area contributed by atoms with Gasteiger partial charge in [0.2, 0.25) is 0 Å². The zero-order valence-corrected chi connectivity index (χ0v) is 26.9. The molecule has 8 nitrogen and oxygen atoms in total. The third-order valence-electron chi connectivity index (χ3n) is 8.82. The molecule has 6 rings (SSSR count). The van der Waals surface area contributed by atoms with Crippen molar-refractivity contribution in [3.05, 3.63) is 155 Å². The molecule has 0 saturated heterocycles. The van der Waals surface area contributed by atoms with Crippen LogP contribution in [0.3, 0.4) is 0 Å². The van der Waals surface area contributed by atoms with Gasteiger partial charge in [0.15, 0.2) is 5.78 Å². The Hall–Kier alpha value is -7.08. The lowest BCUT2D eigenvalue weighted by molar-refractivity contribution is 0.0938. The van der Waals surface area contributed by atoms with Gasteiger partial charge in [0.25, 0.3) is 0 Å². The Morgan fingerprint density at radius 1 is 0.780 bits per heavy atom. The minimum absolute atomic E-state index is 0.00230. The summed E-state index contributed by atoms with van der Waals surface area (Å²) in [5, 5.41) is 42.1. The number of ketones is 1. The number of fused-ring (bicyclic) bond motifs is 1. The average molecular weight is 655 g/mol. The number of allylic oxidation sites excluding steroid dienone is 2. The van der Waals surface area contributed by atoms with Gasteiger partial charge in [-0.3, -0.25) is 4.79 Å². The molecule has 6 aromatic rings. The maximum atomic E-state index is 15.1. The van der Waals surface area contributed by atoms with Crippen LogP contribution in [0.4, 0.5) is 0 Å². The maximum absolute atomic E-state index is 15.1. The van der Waals surface area contributed by atoms with Gasteiger partial charge in [0, 0.05) is 28.5 Å². The molecule has 1 heterocycles. The number of nitriles is 3. The number of nitrogens with two attached hydrogens (primary N) is 1. The van der Waals surface area contributed by atoms with Crippen molar-refractivity contribution in [3.8, 4) is 52.2 Å². The van der Waals surface area contributed by atoms with E-state index in [1.165, 1.54) is 13.2 Å². The molecule has 0 aliphatic rings. The smallest absolute Gasteiger partial charge is 0.174 e. The average Bonchev–Trinajstić information content (AvgIpc) is 3.54. The number of nitrogens with zero attached hydrogens (tertiary/aromatic N) is 3. The number of hydrogen-bond donors (Lipinski definition) is 2. The minimum atomic E-state index is -1.28. The van der Waals surface area contributed by atoms with E-state index >= 15 is 4.79 Å². The molecule has 242 valence electrons. The van der Waals surface area contributed by atoms with E-state index in [0.29, 0.717) is 33.6 Å². The summed E-state index contributed by atoms with van der Waals surface area (Å²) in [6.07, 6.45) is 0. The molecule has 3 atom stereocenters. The first-order valence-corrected chi connectivity index (χ1v) is 15.7. The maximum Gasteiger partial charge on any atom is 0.174 e. The van der Waals surface area contributed by atoms with Crippen LogP contribution in [0.1, 0.15) is 33.3 Å². The van der Waals surface area contributed by atoms with Gasteiger partial charge in [-0.05, 0) is 34.9 Å². The molecule has 0 radical (unpaired) electrons. The quantitative estimate of drug-likeness (QED) is 0.110. The molecule has 0 aliphatic carbocycles. The molecule has 0 fully saturated rings. The molecule has 5 aromatic carbocycles. The molecule has 0 aliphatic heterocycles. The van der Waals surface area contributed by atoms with Crippen LogP contribution in [0.5, 0.6) is 11.5 Å². The normalized spacial score (nSPS) is 12.4. The number of methoxy groups -OCH3 is 1. The van der Waals surface area contributed by atoms with Crippen LogP contribution in [-0.4, -0.2) is 18.0 Å². The summed E-state index contributed by atoms with van der Waals surface area (Å²) >= 11 is 0. The number of phenolic OH excluding ortho intramolecular Hbond substituents is 1. The second-order valence-electron chi connectivity index (χ2n) is 11.6. The second-order valence-corrected chi connectivity index (χ2v) is 11.6. The highest BCUT2D eigenvalue weighted by Gasteiger charge is 2.40. The van der Waals surface area contributed by atoms with Gasteiger partial charge in [-0.1, -0.05) is 103 Å². The monoisotopic (exact) mass is 654 g/mol. The highest BCUT2D eigenvalue weighted by Crippen LogP contribution is 2.47. The van der Waals surface area contributed by atoms with Crippen LogP contribution in [0.15, 0.2) is 143 Å². The molecule has 3 N–H and O–H groups in total. The standard InChI is InChI=1S/C42H30N4O4/c1-49-31-19-17-28(18-20-31)37(34(25-45)40(46)30(23-43)24-44)39(27-13-7-3-8-14-27)41(48)32-21-33-36(22-35(32)47)50-42(29-15-9-4-10-16-29)38(33)26-11-5-2-6-12-26/h2-22,34,37,39,47H,46H2,1H3. The summed E-state index contributed by atoms with van der Waals surface area (Å²) < 4.78 is 11.7. The Morgan fingerprint density at radius 3 is 1.92 bits per heavy atom. The highest BCUT2D eigenvalue weighted by atomic mass is 16.5. The van der Waals surface area contributed by atoms with E-state index in [2.05, 4.69) is 6.07 Å². The van der Waals surface area contributed by atoms with Gasteiger partial charge < -0.3 is 20.0 Å². The molecule has 8 heteroatoms. The first-order valence-electron chi connectivity index (χ1n) is 15.7. The van der Waals surface area contributed by atoms with Gasteiger partial charge in [-0.2, -0.15) is 15.8 Å². The first kappa shape index (κ1) is 32.8. The van der Waals surface area contributed by atoms with Crippen molar-refractivity contribution in [2.45, 2.75) is 11.8 Å². The number of phenols is 1. The number of furan rings is 1. The van der Waals surface area contributed by atoms with Gasteiger partial charge >= 0.3 is 0 Å². The predicted octanol–water partition coefficient (Wildman–Crippen LogP) is 8.63. The summed E-state index contributed by atoms with van der Waals surface area (Å²) in [5.41, 5.74) is 9.63. The van der Waals surface area contributed by atoms with E-state index in [1.54, 1.807) is 72.8 Å². The SMILES string of the molecule is COc1ccc(C(C(C#N)C(N)=C(C#N)C#N)C(C(=O)c2cc3c(-c4ccccc4)c(-c4ccccc4)oc3cc2O)c2ccccc2)cc1. The van der Waals surface area contributed by atoms with Crippen molar-refractivity contribution in [2.75, 3.05) is 7.11 Å². The number of hydrogen-bond acceptors (Lipinski definition) is 8. The number of Topliss-reactive ketones (excluding diaryl/α,β-unsaturated/α-hetero) is 1. The molecule has 50 heavy (non-hydrogen) atoms. The largest absolute Gasteiger partial charge is 0.507 e. The fourth-order valence-corrected chi connectivity index (χ4v) is 6.42. The Bertz CT molecular complexity index is 2310. The lowest BCUT2D eigenvalue weighted by Gasteiger charge is -2.31. The fourth-order valence-electron chi connectivity index (χ4n) is 6.42. The van der Waals surface area contributed by atoms with Gasteiger partial charge in [0.1, 0.15) is 40.6 Å². The van der Waals surface area contributed by atoms with E-state index in [0.717, 1.165) is 16.7 Å². The Labute approximate surface area is 289 Å². The molecule has 0 saturated carbocycles. The van der Waals surface area contributed by atoms with Crippen LogP contribution in [0.25, 0.3) is 33.4 Å². The van der Waals surface area contributed by atoms with Crippen LogP contribution < -0.4 is 10.5 Å². The molecule has 0 amide bonds. The minimum Gasteiger partial charge on any atom is -0.507 e. The van der Waals surface area contributed by atoms with Crippen molar-refractivity contribution in [3.63, 3.8) is 0 Å². The zero-order chi connectivity index (χ0) is 35.2. The molecule has 1 aromatic heterocycles. The predicted molar refractivity (Wildman–Crippen MR) is 190 cm³/mol. The van der Waals surface area contributed by atoms with Crippen LogP contribution >= 0.6 is 0 Å². The third-order valence-corrected chi connectivity index (χ3v) is 8.82. The number of carbonyl (C=O) groups is 1. The van der Waals surface area contributed by atoms with Crippen molar-refractivity contribution < 1.29 is 19.1 Å². The summed E-state index contributed by atoms with van der Waals surface area (Å²) in [7, 11) is 1.52. The van der Waals surface area contributed by atoms with Crippen molar-refractivity contribution >= 4 is 16.8 Å². The van der Waals surface area contributed by atoms with Crippen molar-refractivity contribution in [1.82, 2.24) is 0 Å². The topological polar surface area (TPSA) is 157 Å². The summed E-state index contributed by atoms with van der Waals surface area (Å²) in [6.45, 7) is 0. The van der Waals surface area contributed by atoms with Gasteiger partial charge in [-0.15, -0.1) is 0 Å². The lowest BCUT2D eigenvalue weighted by Crippen LogP contribution is -2.30. The number of carbonyl (C=O) groups excluding carboxylic acids is 1. The molecule has 0 spiro atoms. The van der Waals surface area contributed by atoms with Crippen LogP contribution in [-0.2, 0) is 0 Å². The van der Waals surface area contributed by atoms with Gasteiger partial charge in [0.05, 0.1) is 36.3 Å². The van der Waals surface area contributed by atoms with Crippen molar-refractivity contribution in [1.29, 1.82) is 15.8 Å². The number of ether oxygens (including phenoxy) is 1. The van der Waals surface area contributed by atoms with Crippen molar-refractivity contribution in [2.24, 2.45) is 11.7 Å². The van der Waals surface area contributed by atoms with Gasteiger partial charge in [-0.25, -0.2) is 0 Å². The molecule has 3 unspecified atom stereocenters. The third kappa shape index (κ3) is 6.16. The molecule has 0 bridgehead atoms. The summed E-state index contributed by atoms with van der Waals surface area (Å²) in [6, 6.07) is 43.8. The summed E-state index contributed by atoms with van der Waals surface area (Å²) in [4.78, 5) is 15.1. The summed E-state index contributed by atoms with van der Waals surface area (Å²) in [5.74, 6) is -3.06. The number of benzene rings is 5. The van der Waals surface area contributed by atoms with Crippen LogP contribution in [0.2, 0.25) is 0 Å². The highest BCUT2D eigenvalue weighted by molar-refractivity contribution is 6.10. The zero-order valence-electron chi connectivity index (χ0n) is 26.9. The van der Waals surface area contributed by atoms with Crippen LogP contribution in [0, 0.1) is 39.9 Å². The number of aromatic hydroxyl groups is 1. The Balaban J connectivity index is 1.62. The van der Waals surface area contributed by atoms with E-state index in [9.17, 15) is 20.9 Å². The first-order chi connectivity index (χ1) is 24.4. The second kappa shape index (κ2) is 14.4. The van der Waals surface area contributed by atoms with E-state index in [-0.39, 0.29) is 17.0 Å². The molecular weight excluding hydrogens is 624 g/mol. The van der Waals surface area contributed by atoms with E-state index in [4.69, 9.17) is 14.9 Å². The molecular formula is C42H30N4O4.